The number of hydrogen-bond donors (Lipinski definition) is 5. The first-order valence-electron chi connectivity index (χ1n) is 15.6. The highest BCUT2D eigenvalue weighted by Crippen LogP contribution is 2.41. The molecule has 0 aliphatic carbocycles. The van der Waals surface area contributed by atoms with Gasteiger partial charge in [0.25, 0.3) is 0 Å². The van der Waals surface area contributed by atoms with Crippen molar-refractivity contribution in [3.05, 3.63) is 24.6 Å². The molecule has 5 fully saturated rings. The van der Waals surface area contributed by atoms with E-state index >= 15 is 4.39 Å². The van der Waals surface area contributed by atoms with Crippen LogP contribution in [0.3, 0.4) is 0 Å². The molecule has 228 valence electrons. The van der Waals surface area contributed by atoms with Gasteiger partial charge in [-0.15, -0.1) is 5.53 Å². The van der Waals surface area contributed by atoms with Gasteiger partial charge in [0.05, 0.1) is 24.1 Å². The number of rotatable bonds is 3. The van der Waals surface area contributed by atoms with Gasteiger partial charge >= 0.3 is 6.03 Å². The summed E-state index contributed by atoms with van der Waals surface area (Å²) < 4.78 is 16.3. The third kappa shape index (κ3) is 5.00. The first-order chi connectivity index (χ1) is 19.7. The van der Waals surface area contributed by atoms with Gasteiger partial charge in [-0.05, 0) is 70.4 Å². The maximum atomic E-state index is 16.3. The average molecular weight is 574 g/mol. The highest BCUT2D eigenvalue weighted by Gasteiger charge is 2.56. The van der Waals surface area contributed by atoms with Gasteiger partial charge in [0.1, 0.15) is 12.3 Å². The Morgan fingerprint density at radius 3 is 2.71 bits per heavy atom. The third-order valence-corrected chi connectivity index (χ3v) is 10.5. The van der Waals surface area contributed by atoms with Crippen molar-refractivity contribution in [3.8, 4) is 0 Å². The van der Waals surface area contributed by atoms with Gasteiger partial charge in [-0.2, -0.15) is 0 Å². The lowest BCUT2D eigenvalue weighted by Gasteiger charge is -2.60. The number of alkyl halides is 1. The second kappa shape index (κ2) is 11.3. The second-order valence-corrected chi connectivity index (χ2v) is 13.3. The number of piperazine rings is 1. The Kier molecular flexibility index (Phi) is 7.94. The molecule has 10 unspecified atom stereocenters. The fourth-order valence-electron chi connectivity index (χ4n) is 8.47. The molecule has 0 spiro atoms. The molecule has 0 aromatic rings. The molecular formula is C29H48FN9O2. The number of carbonyl (C=O) groups excluding carboxylic acids is 2. The highest BCUT2D eigenvalue weighted by molar-refractivity contribution is 5.87. The largest absolute Gasteiger partial charge is 0.334 e. The minimum Gasteiger partial charge on any atom is -0.334 e. The normalized spacial score (nSPS) is 41.5. The standard InChI is InChI=1S/C29H48FN9O2/c1-6-23(40)36-14-18(5)37(15-17(36)4)26-21-12-22(30)28-33-27(21)38(29(41)34-26)25-19(10-11-31-24(25)16(2)3)8-7-9-20-13-32-35-39(20)28/h6,13,16-19,21-22,24-28,31-33,35H,1,7-12,14-15H2,2-5H3,(H,34,41). The van der Waals surface area contributed by atoms with Gasteiger partial charge in [-0.1, -0.05) is 20.4 Å². The molecule has 0 saturated carbocycles. The Labute approximate surface area is 243 Å². The molecule has 3 amide bonds. The molecule has 0 aromatic carbocycles. The third-order valence-electron chi connectivity index (χ3n) is 10.5. The number of fused-ring (bicyclic) bond motifs is 5. The Hall–Kier alpha value is -2.41. The fraction of sp³-hybridized carbons (Fsp3) is 0.793. The molecule has 12 heteroatoms. The van der Waals surface area contributed by atoms with Crippen molar-refractivity contribution in [2.75, 3.05) is 19.6 Å². The van der Waals surface area contributed by atoms with Crippen LogP contribution in [0.1, 0.15) is 59.8 Å². The molecule has 6 aliphatic heterocycles. The number of hydrogen-bond acceptors (Lipinski definition) is 8. The van der Waals surface area contributed by atoms with Crippen molar-refractivity contribution >= 4 is 11.9 Å². The van der Waals surface area contributed by atoms with E-state index < -0.39 is 12.3 Å². The number of carbonyl (C=O) groups is 2. The minimum absolute atomic E-state index is 0.00281. The highest BCUT2D eigenvalue weighted by atomic mass is 19.1. The van der Waals surface area contributed by atoms with E-state index in [0.717, 1.165) is 37.9 Å². The SMILES string of the molecule is C=CC(=O)N1CC(C)N(C2NC(=O)N3C4NC(C(F)CC24)N2NNC=C2CCCC2CCNC(C(C)C)C23)CC1C. The van der Waals surface area contributed by atoms with Crippen molar-refractivity contribution < 1.29 is 14.0 Å². The van der Waals surface area contributed by atoms with Crippen LogP contribution in [0.15, 0.2) is 24.6 Å². The first-order valence-corrected chi connectivity index (χ1v) is 15.6. The maximum Gasteiger partial charge on any atom is 0.320 e. The predicted molar refractivity (Wildman–Crippen MR) is 154 cm³/mol. The van der Waals surface area contributed by atoms with Crippen LogP contribution in [0.2, 0.25) is 0 Å². The number of amides is 3. The van der Waals surface area contributed by atoms with Gasteiger partial charge in [0.15, 0.2) is 0 Å². The van der Waals surface area contributed by atoms with Crippen molar-refractivity contribution in [1.82, 2.24) is 46.6 Å². The molecule has 0 radical (unpaired) electrons. The van der Waals surface area contributed by atoms with Crippen LogP contribution >= 0.6 is 0 Å². The molecule has 11 nitrogen and oxygen atoms in total. The van der Waals surface area contributed by atoms with Gasteiger partial charge in [0.2, 0.25) is 5.91 Å². The number of hydrazine groups is 2. The molecule has 0 aromatic heterocycles. The van der Waals surface area contributed by atoms with Crippen LogP contribution in [0.4, 0.5) is 9.18 Å². The van der Waals surface area contributed by atoms with E-state index in [0.29, 0.717) is 31.3 Å². The lowest BCUT2D eigenvalue weighted by Crippen LogP contribution is -2.80. The number of nitrogens with one attached hydrogen (secondary N) is 5. The lowest BCUT2D eigenvalue weighted by molar-refractivity contribution is -0.137. The summed E-state index contributed by atoms with van der Waals surface area (Å²) in [5, 5.41) is 12.7. The number of halogens is 1. The summed E-state index contributed by atoms with van der Waals surface area (Å²) in [6.07, 6.45) is 5.06. The summed E-state index contributed by atoms with van der Waals surface area (Å²) in [4.78, 5) is 33.0. The van der Waals surface area contributed by atoms with Crippen LogP contribution < -0.4 is 26.9 Å². The summed E-state index contributed by atoms with van der Waals surface area (Å²) >= 11 is 0. The van der Waals surface area contributed by atoms with Gasteiger partial charge in [0, 0.05) is 43.3 Å². The zero-order chi connectivity index (χ0) is 29.0. The van der Waals surface area contributed by atoms with Crippen LogP contribution in [0, 0.1) is 17.8 Å². The zero-order valence-electron chi connectivity index (χ0n) is 24.9. The van der Waals surface area contributed by atoms with Crippen LogP contribution in [-0.4, -0.2) is 100 Å². The van der Waals surface area contributed by atoms with Crippen molar-refractivity contribution in [1.29, 1.82) is 0 Å². The van der Waals surface area contributed by atoms with E-state index in [2.05, 4.69) is 64.1 Å². The van der Waals surface area contributed by atoms with Gasteiger partial charge in [-0.25, -0.2) is 9.18 Å². The molecule has 6 heterocycles. The molecule has 10 atom stereocenters. The Balaban J connectivity index is 1.37. The van der Waals surface area contributed by atoms with Gasteiger partial charge < -0.3 is 25.9 Å². The summed E-state index contributed by atoms with van der Waals surface area (Å²) in [5.74, 6) is 0.452. The molecule has 6 rings (SSSR count). The van der Waals surface area contributed by atoms with E-state index in [4.69, 9.17) is 0 Å². The van der Waals surface area contributed by atoms with Crippen molar-refractivity contribution in [2.24, 2.45) is 17.8 Å². The van der Waals surface area contributed by atoms with Crippen LogP contribution in [0.5, 0.6) is 0 Å². The molecular weight excluding hydrogens is 525 g/mol. The maximum absolute atomic E-state index is 16.3. The van der Waals surface area contributed by atoms with Crippen LogP contribution in [0.25, 0.3) is 0 Å². The molecule has 5 saturated heterocycles. The quantitative estimate of drug-likeness (QED) is 0.323. The summed E-state index contributed by atoms with van der Waals surface area (Å²) in [5.41, 5.74) is 7.29. The average Bonchev–Trinajstić information content (AvgIpc) is 3.40. The summed E-state index contributed by atoms with van der Waals surface area (Å²) in [6.45, 7) is 14.3. The van der Waals surface area contributed by atoms with E-state index in [1.807, 2.05) is 23.0 Å². The monoisotopic (exact) mass is 573 g/mol. The van der Waals surface area contributed by atoms with Gasteiger partial charge in [-0.3, -0.25) is 20.0 Å². The first kappa shape index (κ1) is 28.7. The molecule has 5 N–H and O–H groups in total. The Morgan fingerprint density at radius 2 is 1.95 bits per heavy atom. The number of nitrogens with zero attached hydrogens (tertiary/aromatic N) is 4. The van der Waals surface area contributed by atoms with Crippen molar-refractivity contribution in [3.63, 3.8) is 0 Å². The molecule has 2 bridgehead atoms. The number of piperidine rings is 2. The lowest BCUT2D eigenvalue weighted by atomic mass is 9.76. The minimum atomic E-state index is -1.15. The molecule has 41 heavy (non-hydrogen) atoms. The summed E-state index contributed by atoms with van der Waals surface area (Å²) in [6, 6.07) is 0.0301. The Bertz CT molecular complexity index is 1060. The van der Waals surface area contributed by atoms with E-state index in [1.54, 1.807) is 0 Å². The zero-order valence-corrected chi connectivity index (χ0v) is 24.9. The second-order valence-electron chi connectivity index (χ2n) is 13.3. The fourth-order valence-corrected chi connectivity index (χ4v) is 8.47. The number of urea groups is 1. The smallest absolute Gasteiger partial charge is 0.320 e. The molecule has 6 aliphatic rings. The summed E-state index contributed by atoms with van der Waals surface area (Å²) in [7, 11) is 0. The van der Waals surface area contributed by atoms with E-state index in [1.165, 1.54) is 6.08 Å². The Morgan fingerprint density at radius 1 is 1.15 bits per heavy atom. The van der Waals surface area contributed by atoms with Crippen molar-refractivity contribution in [2.45, 2.75) is 109 Å². The van der Waals surface area contributed by atoms with Crippen LogP contribution in [-0.2, 0) is 4.79 Å². The van der Waals surface area contributed by atoms with E-state index in [9.17, 15) is 9.59 Å². The van der Waals surface area contributed by atoms with E-state index in [-0.39, 0.29) is 54.4 Å². The topological polar surface area (TPSA) is 107 Å². The number of allylic oxidation sites excluding steroid dienone is 1. The predicted octanol–water partition coefficient (Wildman–Crippen LogP) is 1.40.